The van der Waals surface area contributed by atoms with Gasteiger partial charge in [-0.1, -0.05) is 96.9 Å². The van der Waals surface area contributed by atoms with E-state index in [4.69, 9.17) is 43.2 Å². The number of hydrogen-bond donors (Lipinski definition) is 2. The Morgan fingerprint density at radius 1 is 0.829 bits per heavy atom. The Kier molecular flexibility index (Phi) is 16.7. The van der Waals surface area contributed by atoms with Gasteiger partial charge in [0, 0.05) is 57.3 Å². The van der Waals surface area contributed by atoms with Crippen LogP contribution in [0.3, 0.4) is 0 Å². The summed E-state index contributed by atoms with van der Waals surface area (Å²) in [6.45, 7) is 8.98. The molecule has 2 N–H and O–H groups in total. The molecule has 3 aliphatic heterocycles. The van der Waals surface area contributed by atoms with E-state index in [0.29, 0.717) is 49.0 Å². The van der Waals surface area contributed by atoms with Gasteiger partial charge in [0.15, 0.2) is 11.5 Å². The first-order valence-corrected chi connectivity index (χ1v) is 25.0. The van der Waals surface area contributed by atoms with Crippen LogP contribution >= 0.6 is 0 Å². The molecule has 2 aliphatic carbocycles. The molecule has 372 valence electrons. The summed E-state index contributed by atoms with van der Waals surface area (Å²) in [4.78, 5) is 25.5. The maximum atomic E-state index is 15.1. The van der Waals surface area contributed by atoms with Gasteiger partial charge in [0.25, 0.3) is 0 Å². The Morgan fingerprint density at radius 3 is 2.33 bits per heavy atom. The van der Waals surface area contributed by atoms with E-state index in [1.165, 1.54) is 0 Å². The fourth-order valence-electron chi connectivity index (χ4n) is 10.7. The molecule has 4 aromatic rings. The van der Waals surface area contributed by atoms with Gasteiger partial charge in [0.05, 0.1) is 31.5 Å². The van der Waals surface area contributed by atoms with Crippen LogP contribution in [-0.4, -0.2) is 110 Å². The maximum Gasteiger partial charge on any atom is 0.410 e. The lowest BCUT2D eigenvalue weighted by molar-refractivity contribution is -0.256. The van der Waals surface area contributed by atoms with Crippen molar-refractivity contribution in [2.24, 2.45) is 22.9 Å². The summed E-state index contributed by atoms with van der Waals surface area (Å²) in [5.41, 5.74) is 5.38. The van der Waals surface area contributed by atoms with Gasteiger partial charge in [-0.15, -0.1) is 6.58 Å². The zero-order valence-corrected chi connectivity index (χ0v) is 40.0. The summed E-state index contributed by atoms with van der Waals surface area (Å²) in [5.74, 6) is 0.484. The van der Waals surface area contributed by atoms with Crippen molar-refractivity contribution in [1.29, 1.82) is 0 Å². The molecular weight excluding hydrogens is 891 g/mol. The Morgan fingerprint density at radius 2 is 1.57 bits per heavy atom. The highest BCUT2D eigenvalue weighted by atomic mass is 16.7. The molecule has 70 heavy (non-hydrogen) atoms. The van der Waals surface area contributed by atoms with Crippen molar-refractivity contribution >= 4 is 11.8 Å². The molecule has 0 spiro atoms. The third-order valence-electron chi connectivity index (χ3n) is 14.1. The first-order valence-electron chi connectivity index (χ1n) is 25.0. The van der Waals surface area contributed by atoms with E-state index in [1.807, 2.05) is 91.0 Å². The fraction of sp³-hybridized carbons (Fsp3) is 0.464. The van der Waals surface area contributed by atoms with Gasteiger partial charge < -0.3 is 48.2 Å². The number of hydrogen-bond acceptors (Lipinski definition) is 13. The lowest BCUT2D eigenvalue weighted by Gasteiger charge is -2.59. The molecular formula is C56H67N3O11. The predicted molar refractivity (Wildman–Crippen MR) is 264 cm³/mol. The van der Waals surface area contributed by atoms with Crippen LogP contribution in [0.25, 0.3) is 0 Å². The number of unbranched alkanes of at least 4 members (excludes halogenated alkanes) is 2. The van der Waals surface area contributed by atoms with Crippen molar-refractivity contribution in [2.75, 3.05) is 66.1 Å². The number of amides is 1. The van der Waals surface area contributed by atoms with Gasteiger partial charge >= 0.3 is 6.09 Å². The molecule has 0 bridgehead atoms. The van der Waals surface area contributed by atoms with Crippen LogP contribution < -0.4 is 18.9 Å². The van der Waals surface area contributed by atoms with Crippen molar-refractivity contribution in [3.8, 4) is 23.0 Å². The van der Waals surface area contributed by atoms with Crippen LogP contribution in [0.15, 0.2) is 127 Å². The minimum absolute atomic E-state index is 0.00155. The second-order valence-corrected chi connectivity index (χ2v) is 18.7. The summed E-state index contributed by atoms with van der Waals surface area (Å²) >= 11 is 0. The number of ether oxygens (including phenoxy) is 7. The van der Waals surface area contributed by atoms with Crippen LogP contribution in [0.5, 0.6) is 23.0 Å². The van der Waals surface area contributed by atoms with Crippen molar-refractivity contribution in [1.82, 2.24) is 9.80 Å². The molecule has 1 amide bonds. The van der Waals surface area contributed by atoms with Gasteiger partial charge in [-0.05, 0) is 90.1 Å². The Labute approximate surface area is 411 Å². The normalized spacial score (nSPS) is 23.4. The van der Waals surface area contributed by atoms with E-state index in [9.17, 15) is 10.2 Å². The number of aliphatic hydroxyl groups excluding tert-OH is 2. The van der Waals surface area contributed by atoms with Crippen molar-refractivity contribution in [3.05, 3.63) is 144 Å². The monoisotopic (exact) mass is 957 g/mol. The summed E-state index contributed by atoms with van der Waals surface area (Å²) in [6.07, 6.45) is 8.26. The second kappa shape index (κ2) is 23.8. The molecule has 0 aromatic heterocycles. The number of rotatable bonds is 26. The van der Waals surface area contributed by atoms with Crippen LogP contribution in [0, 0.1) is 17.8 Å². The summed E-state index contributed by atoms with van der Waals surface area (Å²) < 4.78 is 44.8. The van der Waals surface area contributed by atoms with E-state index in [2.05, 4.69) is 23.6 Å². The number of aliphatic hydroxyl groups is 2. The molecule has 3 heterocycles. The first-order chi connectivity index (χ1) is 34.5. The Balaban J connectivity index is 1.17. The van der Waals surface area contributed by atoms with E-state index in [-0.39, 0.29) is 77.2 Å². The fourth-order valence-corrected chi connectivity index (χ4v) is 10.7. The van der Waals surface area contributed by atoms with Crippen molar-refractivity contribution in [2.45, 2.75) is 82.5 Å². The van der Waals surface area contributed by atoms with Crippen molar-refractivity contribution in [3.63, 3.8) is 0 Å². The zero-order chi connectivity index (χ0) is 48.1. The number of oxime groups is 1. The molecule has 0 radical (unpaired) electrons. The molecule has 1 saturated heterocycles. The summed E-state index contributed by atoms with van der Waals surface area (Å²) in [5, 5.41) is 25.1. The third kappa shape index (κ3) is 11.6. The quantitative estimate of drug-likeness (QED) is 0.0268. The number of allylic oxidation sites excluding steroid dienone is 1. The first kappa shape index (κ1) is 49.1. The van der Waals surface area contributed by atoms with Gasteiger partial charge in [-0.2, -0.15) is 0 Å². The second-order valence-electron chi connectivity index (χ2n) is 18.7. The molecule has 14 heteroatoms. The maximum absolute atomic E-state index is 15.1. The Bertz CT molecular complexity index is 2410. The van der Waals surface area contributed by atoms with Crippen LogP contribution in [0.4, 0.5) is 4.79 Å². The van der Waals surface area contributed by atoms with Gasteiger partial charge in [-0.3, -0.25) is 9.80 Å². The largest absolute Gasteiger partial charge is 0.492 e. The lowest BCUT2D eigenvalue weighted by Crippen LogP contribution is -2.70. The van der Waals surface area contributed by atoms with E-state index < -0.39 is 23.8 Å². The number of carbonyl (C=O) groups excluding carboxylic acids is 1. The molecule has 2 fully saturated rings. The average Bonchev–Trinajstić information content (AvgIpc) is 4.10. The predicted octanol–water partition coefficient (Wildman–Crippen LogP) is 8.80. The highest BCUT2D eigenvalue weighted by Crippen LogP contribution is 2.62. The van der Waals surface area contributed by atoms with Crippen LogP contribution in [0.2, 0.25) is 0 Å². The van der Waals surface area contributed by atoms with Gasteiger partial charge in [0.1, 0.15) is 37.4 Å². The molecule has 9 rings (SSSR count). The van der Waals surface area contributed by atoms with Gasteiger partial charge in [-0.25, -0.2) is 4.79 Å². The topological polar surface area (TPSA) is 150 Å². The minimum atomic E-state index is -1.50. The van der Waals surface area contributed by atoms with Gasteiger partial charge in [0.2, 0.25) is 12.6 Å². The Hall–Kier alpha value is -5.90. The van der Waals surface area contributed by atoms with Crippen LogP contribution in [-0.2, 0) is 38.8 Å². The number of fused-ring (bicyclic) bond motifs is 3. The molecule has 14 nitrogen and oxygen atoms in total. The van der Waals surface area contributed by atoms with E-state index >= 15 is 4.79 Å². The molecule has 5 aliphatic rings. The van der Waals surface area contributed by atoms with Crippen molar-refractivity contribution < 1.29 is 53.0 Å². The lowest BCUT2D eigenvalue weighted by atomic mass is 9.55. The van der Waals surface area contributed by atoms with Crippen LogP contribution in [0.1, 0.15) is 73.1 Å². The minimum Gasteiger partial charge on any atom is -0.492 e. The third-order valence-corrected chi connectivity index (χ3v) is 14.1. The average molecular weight is 958 g/mol. The highest BCUT2D eigenvalue weighted by molar-refractivity contribution is 6.03. The summed E-state index contributed by atoms with van der Waals surface area (Å²) in [6, 6.07) is 30.7. The number of nitrogens with zero attached hydrogens (tertiary/aromatic N) is 3. The van der Waals surface area contributed by atoms with E-state index in [1.54, 1.807) is 11.0 Å². The molecule has 6 unspecified atom stereocenters. The number of benzene rings is 4. The molecule has 4 aromatic carbocycles. The van der Waals surface area contributed by atoms with E-state index in [0.717, 1.165) is 78.9 Å². The SMILES string of the molecule is C=CCOC12Oc3ccc(OCCN4CC4)cc3C3C(CCCCO)C(CCCCO)C=C(C(=NOCc4ccccc4)CC1N(Cc1ccc4c(c1)OCO4)C(=O)OCCOCc1ccccc1)C32. The molecule has 6 atom stereocenters. The smallest absolute Gasteiger partial charge is 0.410 e. The summed E-state index contributed by atoms with van der Waals surface area (Å²) in [7, 11) is 0. The zero-order valence-electron chi connectivity index (χ0n) is 40.0. The highest BCUT2D eigenvalue weighted by Gasteiger charge is 2.65. The molecule has 1 saturated carbocycles. The number of carbonyl (C=O) groups is 1. The standard InChI is InChI=1S/C56H67N3O11/c1-2-28-68-56-52(59(36-42-19-21-50-51(32-42)67-39-66-50)55(62)65-31-30-63-37-40-13-5-3-6-14-40)35-48(57-69-38-41-15-7-4-8-16-41)46-33-43(17-9-11-26-60)45(18-10-12-27-61)53(54(46)56)47-34-44(20-22-49(47)70-56)64-29-25-58-23-24-58/h2-8,13-16,19-22,32-34,43,45,52-54,60-61H,1,9-12,17-18,23-31,35-39H2.